The van der Waals surface area contributed by atoms with E-state index in [1.54, 1.807) is 19.2 Å². The van der Waals surface area contributed by atoms with E-state index in [0.29, 0.717) is 30.2 Å². The number of unbranched alkanes of at least 4 members (excludes halogenated alkanes) is 1. The minimum Gasteiger partial charge on any atom is -0.612 e. The molecular formula is C21H29NO5S. The van der Waals surface area contributed by atoms with Crippen molar-refractivity contribution in [2.45, 2.75) is 30.4 Å². The smallest absolute Gasteiger partial charge is 0.194 e. The van der Waals surface area contributed by atoms with Crippen molar-refractivity contribution in [1.82, 2.24) is 5.32 Å². The summed E-state index contributed by atoms with van der Waals surface area (Å²) < 4.78 is 22.4. The molecular weight excluding hydrogens is 378 g/mol. The van der Waals surface area contributed by atoms with Crippen molar-refractivity contribution in [3.63, 3.8) is 0 Å². The Balaban J connectivity index is 1.58. The predicted molar refractivity (Wildman–Crippen MR) is 110 cm³/mol. The Morgan fingerprint density at radius 3 is 2.57 bits per heavy atom. The topological polar surface area (TPSA) is 94.0 Å². The number of phenols is 1. The number of rotatable bonds is 12. The fourth-order valence-electron chi connectivity index (χ4n) is 2.69. The quantitative estimate of drug-likeness (QED) is 0.370. The van der Waals surface area contributed by atoms with Crippen molar-refractivity contribution in [2.24, 2.45) is 0 Å². The second-order valence-corrected chi connectivity index (χ2v) is 7.86. The molecule has 0 radical (unpaired) electrons. The molecule has 7 heteroatoms. The molecule has 2 atom stereocenters. The normalized spacial score (nSPS) is 13.3. The fourth-order valence-corrected chi connectivity index (χ4v) is 3.36. The number of methoxy groups -OCH3 is 1. The van der Waals surface area contributed by atoms with Crippen molar-refractivity contribution >= 4 is 11.2 Å². The van der Waals surface area contributed by atoms with Crippen LogP contribution in [0.5, 0.6) is 11.5 Å². The average Bonchev–Trinajstić information content (AvgIpc) is 2.70. The number of aliphatic hydroxyl groups is 1. The number of ether oxygens (including phenoxy) is 2. The zero-order valence-corrected chi connectivity index (χ0v) is 17.2. The molecule has 0 aliphatic heterocycles. The number of hydrogen-bond acceptors (Lipinski definition) is 6. The molecule has 0 bridgehead atoms. The summed E-state index contributed by atoms with van der Waals surface area (Å²) in [7, 11) is 1.65. The second-order valence-electron chi connectivity index (χ2n) is 6.51. The van der Waals surface area contributed by atoms with Crippen LogP contribution < -0.4 is 10.1 Å². The van der Waals surface area contributed by atoms with Crippen LogP contribution in [0, 0.1) is 0 Å². The maximum atomic E-state index is 11.6. The van der Waals surface area contributed by atoms with Gasteiger partial charge in [0.15, 0.2) is 10.6 Å². The summed E-state index contributed by atoms with van der Waals surface area (Å²) in [6.45, 7) is 2.43. The van der Waals surface area contributed by atoms with Crippen molar-refractivity contribution in [1.29, 1.82) is 0 Å². The van der Waals surface area contributed by atoms with Gasteiger partial charge in [-0.1, -0.05) is 18.2 Å². The Bertz CT molecular complexity index is 708. The minimum atomic E-state index is -1.30. The molecule has 2 rings (SSSR count). The summed E-state index contributed by atoms with van der Waals surface area (Å²) in [4.78, 5) is 0.338. The monoisotopic (exact) mass is 407 g/mol. The van der Waals surface area contributed by atoms with E-state index < -0.39 is 17.3 Å². The van der Waals surface area contributed by atoms with Gasteiger partial charge in [-0.05, 0) is 59.9 Å². The molecule has 2 unspecified atom stereocenters. The Morgan fingerprint density at radius 1 is 1.14 bits per heavy atom. The zero-order valence-electron chi connectivity index (χ0n) is 16.4. The van der Waals surface area contributed by atoms with E-state index in [0.717, 1.165) is 30.7 Å². The third-order valence-electron chi connectivity index (χ3n) is 4.34. The first-order valence-electron chi connectivity index (χ1n) is 9.27. The number of hydrogen-bond donors (Lipinski definition) is 3. The van der Waals surface area contributed by atoms with Gasteiger partial charge in [0.25, 0.3) is 0 Å². The van der Waals surface area contributed by atoms with E-state index in [4.69, 9.17) is 9.47 Å². The molecule has 0 spiro atoms. The van der Waals surface area contributed by atoms with Gasteiger partial charge in [-0.2, -0.15) is 0 Å². The molecule has 28 heavy (non-hydrogen) atoms. The molecule has 154 valence electrons. The molecule has 0 saturated carbocycles. The third-order valence-corrected chi connectivity index (χ3v) is 5.28. The van der Waals surface area contributed by atoms with E-state index >= 15 is 0 Å². The maximum Gasteiger partial charge on any atom is 0.194 e. The number of aliphatic hydroxyl groups excluding tert-OH is 1. The molecule has 0 fully saturated rings. The van der Waals surface area contributed by atoms with Crippen LogP contribution >= 0.6 is 0 Å². The van der Waals surface area contributed by atoms with Gasteiger partial charge in [0.1, 0.15) is 12.0 Å². The third kappa shape index (κ3) is 7.33. The molecule has 6 nitrogen and oxygen atoms in total. The fraction of sp³-hybridized carbons (Fsp3) is 0.429. The molecule has 2 aromatic rings. The summed E-state index contributed by atoms with van der Waals surface area (Å²) >= 11 is -1.30. The van der Waals surface area contributed by atoms with Crippen LogP contribution in [0.25, 0.3) is 0 Å². The van der Waals surface area contributed by atoms with Crippen LogP contribution in [0.2, 0.25) is 0 Å². The molecule has 0 saturated heterocycles. The minimum absolute atomic E-state index is 0.0145. The Hall–Kier alpha value is -1.77. The van der Waals surface area contributed by atoms with E-state index in [1.165, 1.54) is 12.3 Å². The molecule has 0 heterocycles. The van der Waals surface area contributed by atoms with Crippen LogP contribution in [0.1, 0.15) is 30.1 Å². The molecule has 0 aromatic heterocycles. The zero-order chi connectivity index (χ0) is 20.4. The SMILES string of the molecule is COc1ccc(COCCCCNCC(O)c2ccc(O)c([S+](C)[O-])c2)cc1. The van der Waals surface area contributed by atoms with Crippen LogP contribution in [0.15, 0.2) is 47.4 Å². The van der Waals surface area contributed by atoms with E-state index in [2.05, 4.69) is 5.32 Å². The lowest BCUT2D eigenvalue weighted by molar-refractivity contribution is 0.116. The summed E-state index contributed by atoms with van der Waals surface area (Å²) in [5, 5.41) is 23.1. The van der Waals surface area contributed by atoms with Gasteiger partial charge in [0.2, 0.25) is 0 Å². The number of benzene rings is 2. The largest absolute Gasteiger partial charge is 0.612 e. The van der Waals surface area contributed by atoms with Gasteiger partial charge in [-0.25, -0.2) is 0 Å². The van der Waals surface area contributed by atoms with Crippen molar-refractivity contribution in [2.75, 3.05) is 33.1 Å². The molecule has 3 N–H and O–H groups in total. The van der Waals surface area contributed by atoms with Crippen LogP contribution in [-0.2, 0) is 22.5 Å². The first kappa shape index (κ1) is 22.5. The highest BCUT2D eigenvalue weighted by atomic mass is 32.2. The highest BCUT2D eigenvalue weighted by Gasteiger charge is 2.15. The van der Waals surface area contributed by atoms with Crippen LogP contribution in [-0.4, -0.2) is 47.8 Å². The van der Waals surface area contributed by atoms with Crippen LogP contribution in [0.4, 0.5) is 0 Å². The van der Waals surface area contributed by atoms with Gasteiger partial charge in [-0.15, -0.1) is 0 Å². The Labute approximate surface area is 169 Å². The van der Waals surface area contributed by atoms with Gasteiger partial charge in [-0.3, -0.25) is 0 Å². The van der Waals surface area contributed by atoms with E-state index in [1.807, 2.05) is 24.3 Å². The van der Waals surface area contributed by atoms with E-state index in [9.17, 15) is 14.8 Å². The number of nitrogens with one attached hydrogen (secondary N) is 1. The summed E-state index contributed by atoms with van der Waals surface area (Å²) in [5.74, 6) is 0.822. The number of phenolic OH excluding ortho intramolecular Hbond substituents is 1. The highest BCUT2D eigenvalue weighted by Crippen LogP contribution is 2.26. The van der Waals surface area contributed by atoms with Crippen LogP contribution in [0.3, 0.4) is 0 Å². The maximum absolute atomic E-state index is 11.6. The standard InChI is InChI=1S/C21H29NO5S/c1-26-18-8-5-16(6-9-18)15-27-12-4-3-11-22-14-20(24)17-7-10-19(23)21(13-17)28(2)25/h5-10,13,20,22-24H,3-4,11-12,14-15H2,1-2H3. The van der Waals surface area contributed by atoms with Crippen molar-refractivity contribution < 1.29 is 24.2 Å². The Morgan fingerprint density at radius 2 is 1.89 bits per heavy atom. The number of aromatic hydroxyl groups is 1. The van der Waals surface area contributed by atoms with Crippen molar-refractivity contribution in [3.8, 4) is 11.5 Å². The molecule has 0 amide bonds. The Kier molecular flexibility index (Phi) is 9.60. The second kappa shape index (κ2) is 11.9. The molecule has 0 aliphatic carbocycles. The van der Waals surface area contributed by atoms with Gasteiger partial charge in [0, 0.05) is 19.2 Å². The lowest BCUT2D eigenvalue weighted by Gasteiger charge is -2.14. The molecule has 2 aromatic carbocycles. The summed E-state index contributed by atoms with van der Waals surface area (Å²) in [6.07, 6.45) is 2.65. The predicted octanol–water partition coefficient (Wildman–Crippen LogP) is 2.76. The first-order chi connectivity index (χ1) is 13.5. The van der Waals surface area contributed by atoms with Crippen molar-refractivity contribution in [3.05, 3.63) is 53.6 Å². The lowest BCUT2D eigenvalue weighted by Crippen LogP contribution is -2.23. The van der Waals surface area contributed by atoms with E-state index in [-0.39, 0.29) is 5.75 Å². The lowest BCUT2D eigenvalue weighted by atomic mass is 10.1. The first-order valence-corrected chi connectivity index (χ1v) is 10.8. The van der Waals surface area contributed by atoms with Gasteiger partial charge in [0.05, 0.1) is 19.8 Å². The van der Waals surface area contributed by atoms with Gasteiger partial charge < -0.3 is 29.6 Å². The summed E-state index contributed by atoms with van der Waals surface area (Å²) in [5.41, 5.74) is 1.75. The summed E-state index contributed by atoms with van der Waals surface area (Å²) in [6, 6.07) is 12.5. The average molecular weight is 408 g/mol. The molecule has 0 aliphatic rings. The highest BCUT2D eigenvalue weighted by molar-refractivity contribution is 7.90. The van der Waals surface area contributed by atoms with Gasteiger partial charge >= 0.3 is 0 Å².